The lowest BCUT2D eigenvalue weighted by Gasteiger charge is -2.25. The summed E-state index contributed by atoms with van der Waals surface area (Å²) in [6, 6.07) is 6.91. The van der Waals surface area contributed by atoms with Crippen LogP contribution in [0.4, 0.5) is 17.7 Å². The first-order valence-corrected chi connectivity index (χ1v) is 14.8. The summed E-state index contributed by atoms with van der Waals surface area (Å²) >= 11 is 6.32. The molecule has 4 rings (SSSR count). The van der Waals surface area contributed by atoms with Crippen molar-refractivity contribution in [1.82, 2.24) is 19.9 Å². The van der Waals surface area contributed by atoms with E-state index < -0.39 is 11.0 Å². The Bertz CT molecular complexity index is 1470. The third kappa shape index (κ3) is 9.35. The highest BCUT2D eigenvalue weighted by Crippen LogP contribution is 2.28. The molecule has 1 atom stereocenters. The van der Waals surface area contributed by atoms with Crippen molar-refractivity contribution in [1.29, 1.82) is 0 Å². The fourth-order valence-corrected chi connectivity index (χ4v) is 5.04. The number of methoxy groups -OCH3 is 1. The maximum atomic E-state index is 13.5. The molecule has 0 radical (unpaired) electrons. The van der Waals surface area contributed by atoms with Gasteiger partial charge in [0, 0.05) is 45.1 Å². The van der Waals surface area contributed by atoms with E-state index in [4.69, 9.17) is 26.1 Å². The predicted molar refractivity (Wildman–Crippen MR) is 165 cm³/mol. The molecule has 1 aliphatic rings. The van der Waals surface area contributed by atoms with Crippen molar-refractivity contribution < 1.29 is 29.0 Å². The molecule has 1 amide bonds. The van der Waals surface area contributed by atoms with E-state index in [9.17, 15) is 19.7 Å². The molecule has 0 saturated carbocycles. The lowest BCUT2D eigenvalue weighted by molar-refractivity contribution is -0.757. The van der Waals surface area contributed by atoms with Crippen molar-refractivity contribution in [2.75, 3.05) is 49.0 Å². The SMILES string of the molecule is COc1ccc(CNc2nc(N3CCC[C@H]3COC(=O)CCCCCO[N+](=O)[O-])ncc2C(=O)N(C)c2ncccn2)cc1Cl. The molecule has 0 unspecified atom stereocenters. The Labute approximate surface area is 265 Å². The Kier molecular flexibility index (Phi) is 12.0. The van der Waals surface area contributed by atoms with Crippen LogP contribution >= 0.6 is 11.6 Å². The Hall–Kier alpha value is -4.79. The van der Waals surface area contributed by atoms with Crippen molar-refractivity contribution in [2.24, 2.45) is 0 Å². The Morgan fingerprint density at radius 1 is 1.20 bits per heavy atom. The maximum absolute atomic E-state index is 13.5. The average Bonchev–Trinajstić information content (AvgIpc) is 3.52. The fraction of sp³-hybridized carbons (Fsp3) is 0.448. The number of carbonyl (C=O) groups is 2. The number of aromatic nitrogens is 4. The van der Waals surface area contributed by atoms with Crippen LogP contribution in [0.15, 0.2) is 42.9 Å². The van der Waals surface area contributed by atoms with Gasteiger partial charge < -0.3 is 24.5 Å². The molecule has 240 valence electrons. The first-order chi connectivity index (χ1) is 21.8. The van der Waals surface area contributed by atoms with Gasteiger partial charge in [-0.3, -0.25) is 14.5 Å². The molecule has 0 bridgehead atoms. The quantitative estimate of drug-likeness (QED) is 0.102. The molecule has 15 nitrogen and oxygen atoms in total. The number of ether oxygens (including phenoxy) is 2. The molecule has 2 aromatic heterocycles. The summed E-state index contributed by atoms with van der Waals surface area (Å²) in [7, 11) is 3.11. The first kappa shape index (κ1) is 33.1. The zero-order valence-corrected chi connectivity index (χ0v) is 25.8. The second-order valence-electron chi connectivity index (χ2n) is 10.2. The zero-order chi connectivity index (χ0) is 32.2. The summed E-state index contributed by atoms with van der Waals surface area (Å²) < 4.78 is 10.8. The number of benzene rings is 1. The van der Waals surface area contributed by atoms with Gasteiger partial charge in [-0.15, -0.1) is 10.1 Å². The number of unbranched alkanes of at least 4 members (excludes halogenated alkanes) is 2. The molecule has 45 heavy (non-hydrogen) atoms. The van der Waals surface area contributed by atoms with E-state index in [-0.39, 0.29) is 43.2 Å². The van der Waals surface area contributed by atoms with Gasteiger partial charge in [-0.25, -0.2) is 15.0 Å². The second kappa shape index (κ2) is 16.3. The number of esters is 1. The van der Waals surface area contributed by atoms with Gasteiger partial charge in [-0.1, -0.05) is 24.1 Å². The normalized spacial score (nSPS) is 14.1. The number of hydrogen-bond donors (Lipinski definition) is 1. The molecule has 1 fully saturated rings. The topological polar surface area (TPSA) is 175 Å². The third-order valence-corrected chi connectivity index (χ3v) is 7.43. The minimum absolute atomic E-state index is 0.00444. The van der Waals surface area contributed by atoms with E-state index in [1.807, 2.05) is 11.0 Å². The number of anilines is 3. The van der Waals surface area contributed by atoms with Gasteiger partial charge in [0.25, 0.3) is 11.0 Å². The zero-order valence-electron chi connectivity index (χ0n) is 25.1. The number of rotatable bonds is 16. The number of carbonyl (C=O) groups excluding carboxylic acids is 2. The van der Waals surface area contributed by atoms with Crippen LogP contribution in [0.25, 0.3) is 0 Å². The highest BCUT2D eigenvalue weighted by molar-refractivity contribution is 6.32. The molecule has 1 saturated heterocycles. The van der Waals surface area contributed by atoms with Gasteiger partial charge in [0.15, 0.2) is 0 Å². The number of nitrogens with zero attached hydrogens (tertiary/aromatic N) is 7. The van der Waals surface area contributed by atoms with E-state index in [1.54, 1.807) is 44.8 Å². The highest BCUT2D eigenvalue weighted by atomic mass is 35.5. The lowest BCUT2D eigenvalue weighted by atomic mass is 10.2. The Morgan fingerprint density at radius 2 is 2.00 bits per heavy atom. The Balaban J connectivity index is 1.45. The first-order valence-electron chi connectivity index (χ1n) is 14.4. The van der Waals surface area contributed by atoms with Crippen LogP contribution in [0.2, 0.25) is 5.02 Å². The van der Waals surface area contributed by atoms with Crippen molar-refractivity contribution in [3.63, 3.8) is 0 Å². The van der Waals surface area contributed by atoms with Gasteiger partial charge in [0.2, 0.25) is 11.9 Å². The van der Waals surface area contributed by atoms with Crippen LogP contribution in [0.1, 0.15) is 54.4 Å². The van der Waals surface area contributed by atoms with Gasteiger partial charge in [-0.05, 0) is 49.4 Å². The molecule has 1 aromatic carbocycles. The Morgan fingerprint density at radius 3 is 2.73 bits per heavy atom. The smallest absolute Gasteiger partial charge is 0.305 e. The second-order valence-corrected chi connectivity index (χ2v) is 10.6. The molecule has 1 N–H and O–H groups in total. The summed E-state index contributed by atoms with van der Waals surface area (Å²) in [5.41, 5.74) is 1.06. The van der Waals surface area contributed by atoms with Crippen LogP contribution < -0.4 is 19.9 Å². The van der Waals surface area contributed by atoms with Crippen molar-refractivity contribution >= 4 is 41.2 Å². The summed E-state index contributed by atoms with van der Waals surface area (Å²) in [6.07, 6.45) is 8.04. The van der Waals surface area contributed by atoms with E-state index in [0.717, 1.165) is 18.4 Å². The number of nitrogens with one attached hydrogen (secondary N) is 1. The average molecular weight is 643 g/mol. The highest BCUT2D eigenvalue weighted by Gasteiger charge is 2.30. The van der Waals surface area contributed by atoms with Crippen LogP contribution in [-0.2, 0) is 20.9 Å². The number of halogens is 1. The third-order valence-electron chi connectivity index (χ3n) is 7.13. The standard InChI is InChI=1S/C29H35ClN8O7/c1-36(28-31-12-7-13-32-28)27(40)22-18-34-29(35-26(22)33-17-20-10-11-24(43-2)23(30)16-20)37-14-6-8-21(37)19-44-25(39)9-4-3-5-15-45-38(41)42/h7,10-13,16,18,21H,3-6,8-9,14-15,17,19H2,1-2H3,(H,33,34,35)/t21-/m0/s1. The minimum Gasteiger partial charge on any atom is -0.495 e. The molecule has 16 heteroatoms. The van der Waals surface area contributed by atoms with Crippen LogP contribution in [0, 0.1) is 10.1 Å². The predicted octanol–water partition coefficient (Wildman–Crippen LogP) is 4.10. The monoisotopic (exact) mass is 642 g/mol. The molecule has 1 aliphatic heterocycles. The van der Waals surface area contributed by atoms with E-state index in [0.29, 0.717) is 54.9 Å². The largest absolute Gasteiger partial charge is 0.495 e. The van der Waals surface area contributed by atoms with Gasteiger partial charge in [0.1, 0.15) is 23.7 Å². The molecule has 0 aliphatic carbocycles. The maximum Gasteiger partial charge on any atom is 0.305 e. The number of amides is 1. The molecular weight excluding hydrogens is 608 g/mol. The molecule has 0 spiro atoms. The summed E-state index contributed by atoms with van der Waals surface area (Å²) in [4.78, 5) is 61.3. The van der Waals surface area contributed by atoms with Crippen molar-refractivity contribution in [3.05, 3.63) is 69.1 Å². The van der Waals surface area contributed by atoms with E-state index in [1.165, 1.54) is 11.1 Å². The fourth-order valence-electron chi connectivity index (χ4n) is 4.76. The summed E-state index contributed by atoms with van der Waals surface area (Å²) in [5.74, 6) is 0.734. The van der Waals surface area contributed by atoms with Gasteiger partial charge in [-0.2, -0.15) is 4.98 Å². The van der Waals surface area contributed by atoms with Gasteiger partial charge >= 0.3 is 5.97 Å². The van der Waals surface area contributed by atoms with Crippen LogP contribution in [0.5, 0.6) is 5.75 Å². The van der Waals surface area contributed by atoms with Crippen molar-refractivity contribution in [3.8, 4) is 5.75 Å². The van der Waals surface area contributed by atoms with Crippen molar-refractivity contribution in [2.45, 2.75) is 51.1 Å². The molecule has 3 heterocycles. The summed E-state index contributed by atoms with van der Waals surface area (Å²) in [5, 5.41) is 13.1. The lowest BCUT2D eigenvalue weighted by Crippen LogP contribution is -2.36. The van der Waals surface area contributed by atoms with Gasteiger partial charge in [0.05, 0.1) is 24.8 Å². The van der Waals surface area contributed by atoms with E-state index in [2.05, 4.69) is 25.1 Å². The summed E-state index contributed by atoms with van der Waals surface area (Å²) in [6.45, 7) is 1.13. The molecule has 3 aromatic rings. The number of hydrogen-bond acceptors (Lipinski definition) is 13. The van der Waals surface area contributed by atoms with E-state index >= 15 is 0 Å². The molecular formula is C29H35ClN8O7. The van der Waals surface area contributed by atoms with Crippen LogP contribution in [0.3, 0.4) is 0 Å². The minimum atomic E-state index is -0.829. The van der Waals surface area contributed by atoms with Crippen LogP contribution in [-0.4, -0.2) is 76.9 Å².